The molecule has 5 rings (SSSR count). The number of carbonyl (C=O) groups excluding carboxylic acids is 2. The van der Waals surface area contributed by atoms with Crippen molar-refractivity contribution in [3.8, 4) is 11.5 Å². The molecule has 1 atom stereocenters. The Morgan fingerprint density at radius 2 is 1.71 bits per heavy atom. The van der Waals surface area contributed by atoms with Gasteiger partial charge in [0.1, 0.15) is 23.9 Å². The normalized spacial score (nSPS) is 19.0. The Morgan fingerprint density at radius 1 is 0.951 bits per heavy atom. The number of amides is 1. The lowest BCUT2D eigenvalue weighted by molar-refractivity contribution is -0.140. The van der Waals surface area contributed by atoms with Crippen LogP contribution < -0.4 is 9.47 Å². The number of likely N-dealkylation sites (tertiary alicyclic amines) is 1. The standard InChI is InChI=1S/C33H36N2O6/c1-23-6-3-7-24(20-23)22-41-27-12-10-25(11-13-27)31(36)29-30(26-8-4-9-28(21-26)39-2)35(33(38)32(29)37)15-5-14-34-16-18-40-19-17-34/h3-4,6-13,20-21,30,36H,5,14-19,22H2,1-2H3/b31-29-. The summed E-state index contributed by atoms with van der Waals surface area (Å²) in [5.41, 5.74) is 3.43. The average Bonchev–Trinajstić information content (AvgIpc) is 3.25. The van der Waals surface area contributed by atoms with Crippen molar-refractivity contribution in [1.82, 2.24) is 9.80 Å². The monoisotopic (exact) mass is 556 g/mol. The van der Waals surface area contributed by atoms with Gasteiger partial charge in [0.25, 0.3) is 11.7 Å². The molecule has 2 saturated heterocycles. The average molecular weight is 557 g/mol. The third kappa shape index (κ3) is 6.61. The van der Waals surface area contributed by atoms with Crippen LogP contribution in [0, 0.1) is 6.92 Å². The van der Waals surface area contributed by atoms with Gasteiger partial charge >= 0.3 is 0 Å². The van der Waals surface area contributed by atoms with E-state index in [4.69, 9.17) is 14.2 Å². The number of nitrogens with zero attached hydrogens (tertiary/aromatic N) is 2. The number of morpholine rings is 1. The zero-order valence-electron chi connectivity index (χ0n) is 23.5. The molecular weight excluding hydrogens is 520 g/mol. The zero-order valence-corrected chi connectivity index (χ0v) is 23.5. The number of hydrogen-bond donors (Lipinski definition) is 1. The summed E-state index contributed by atoms with van der Waals surface area (Å²) in [6.07, 6.45) is 0.695. The fourth-order valence-electron chi connectivity index (χ4n) is 5.39. The lowest BCUT2D eigenvalue weighted by Crippen LogP contribution is -2.38. The van der Waals surface area contributed by atoms with Crippen molar-refractivity contribution in [2.75, 3.05) is 46.5 Å². The maximum atomic E-state index is 13.4. The molecular formula is C33H36N2O6. The van der Waals surface area contributed by atoms with Gasteiger partial charge in [0.2, 0.25) is 0 Å². The molecule has 0 aromatic heterocycles. The largest absolute Gasteiger partial charge is 0.507 e. The Hall–Kier alpha value is -4.14. The zero-order chi connectivity index (χ0) is 28.8. The fourth-order valence-corrected chi connectivity index (χ4v) is 5.39. The highest BCUT2D eigenvalue weighted by Crippen LogP contribution is 2.40. The van der Waals surface area contributed by atoms with Crippen molar-refractivity contribution in [3.05, 3.63) is 101 Å². The quantitative estimate of drug-likeness (QED) is 0.220. The van der Waals surface area contributed by atoms with Crippen molar-refractivity contribution >= 4 is 17.4 Å². The summed E-state index contributed by atoms with van der Waals surface area (Å²) in [5.74, 6) is -0.273. The number of aliphatic hydroxyl groups is 1. The van der Waals surface area contributed by atoms with Crippen LogP contribution in [0.5, 0.6) is 11.5 Å². The van der Waals surface area contributed by atoms with Crippen LogP contribution in [0.3, 0.4) is 0 Å². The minimum atomic E-state index is -0.730. The van der Waals surface area contributed by atoms with Gasteiger partial charge in [-0.1, -0.05) is 42.0 Å². The van der Waals surface area contributed by atoms with Gasteiger partial charge in [-0.25, -0.2) is 0 Å². The van der Waals surface area contributed by atoms with Crippen LogP contribution in [0.4, 0.5) is 0 Å². The molecule has 2 fully saturated rings. The van der Waals surface area contributed by atoms with Crippen LogP contribution in [0.15, 0.2) is 78.4 Å². The minimum absolute atomic E-state index is 0.0723. The smallest absolute Gasteiger partial charge is 0.295 e. The molecule has 0 radical (unpaired) electrons. The van der Waals surface area contributed by atoms with E-state index in [9.17, 15) is 14.7 Å². The van der Waals surface area contributed by atoms with Crippen molar-refractivity contribution in [2.45, 2.75) is 26.0 Å². The second-order valence-electron chi connectivity index (χ2n) is 10.4. The lowest BCUT2D eigenvalue weighted by atomic mass is 9.95. The summed E-state index contributed by atoms with van der Waals surface area (Å²) < 4.78 is 16.8. The molecule has 2 heterocycles. The molecule has 8 nitrogen and oxygen atoms in total. The van der Waals surface area contributed by atoms with Crippen LogP contribution in [-0.4, -0.2) is 73.1 Å². The molecule has 0 saturated carbocycles. The molecule has 214 valence electrons. The minimum Gasteiger partial charge on any atom is -0.507 e. The van der Waals surface area contributed by atoms with Crippen molar-refractivity contribution < 1.29 is 28.9 Å². The van der Waals surface area contributed by atoms with Gasteiger partial charge in [-0.3, -0.25) is 14.5 Å². The van der Waals surface area contributed by atoms with E-state index in [1.165, 1.54) is 0 Å². The van der Waals surface area contributed by atoms with Crippen LogP contribution in [0.1, 0.15) is 34.7 Å². The molecule has 0 spiro atoms. The van der Waals surface area contributed by atoms with E-state index in [2.05, 4.69) is 11.0 Å². The molecule has 0 aliphatic carbocycles. The molecule has 1 N–H and O–H groups in total. The third-order valence-electron chi connectivity index (χ3n) is 7.54. The van der Waals surface area contributed by atoms with Gasteiger partial charge in [-0.2, -0.15) is 0 Å². The lowest BCUT2D eigenvalue weighted by Gasteiger charge is -2.29. The van der Waals surface area contributed by atoms with Gasteiger partial charge in [-0.15, -0.1) is 0 Å². The van der Waals surface area contributed by atoms with Gasteiger partial charge in [0, 0.05) is 31.7 Å². The number of aliphatic hydroxyl groups excluding tert-OH is 1. The van der Waals surface area contributed by atoms with E-state index >= 15 is 0 Å². The fraction of sp³-hybridized carbons (Fsp3) is 0.333. The molecule has 1 unspecified atom stereocenters. The first kappa shape index (κ1) is 28.4. The molecule has 3 aromatic carbocycles. The molecule has 2 aliphatic heterocycles. The molecule has 1 amide bonds. The first-order chi connectivity index (χ1) is 19.9. The first-order valence-electron chi connectivity index (χ1n) is 14.0. The van der Waals surface area contributed by atoms with Crippen LogP contribution in [-0.2, 0) is 20.9 Å². The summed E-state index contributed by atoms with van der Waals surface area (Å²) in [6, 6.07) is 21.6. The highest BCUT2D eigenvalue weighted by atomic mass is 16.5. The summed E-state index contributed by atoms with van der Waals surface area (Å²) in [4.78, 5) is 30.6. The summed E-state index contributed by atoms with van der Waals surface area (Å²) in [7, 11) is 1.57. The predicted octanol–water partition coefficient (Wildman–Crippen LogP) is 4.73. The summed E-state index contributed by atoms with van der Waals surface area (Å²) in [5, 5.41) is 11.4. The Kier molecular flexibility index (Phi) is 9.01. The number of Topliss-reactive ketones (excluding diaryl/α,β-unsaturated/α-hetero) is 1. The third-order valence-corrected chi connectivity index (χ3v) is 7.54. The Bertz CT molecular complexity index is 1410. The number of aryl methyl sites for hydroxylation is 1. The second-order valence-corrected chi connectivity index (χ2v) is 10.4. The highest BCUT2D eigenvalue weighted by Gasteiger charge is 2.46. The summed E-state index contributed by atoms with van der Waals surface area (Å²) in [6.45, 7) is 6.72. The van der Waals surface area contributed by atoms with E-state index in [0.717, 1.165) is 30.8 Å². The van der Waals surface area contributed by atoms with Crippen molar-refractivity contribution in [3.63, 3.8) is 0 Å². The first-order valence-corrected chi connectivity index (χ1v) is 14.0. The number of ether oxygens (including phenoxy) is 3. The topological polar surface area (TPSA) is 88.5 Å². The Balaban J connectivity index is 1.40. The predicted molar refractivity (Wildman–Crippen MR) is 156 cm³/mol. The van der Waals surface area contributed by atoms with Crippen LogP contribution in [0.2, 0.25) is 0 Å². The maximum absolute atomic E-state index is 13.4. The van der Waals surface area contributed by atoms with E-state index in [-0.39, 0.29) is 11.3 Å². The van der Waals surface area contributed by atoms with Gasteiger partial charge < -0.3 is 24.2 Å². The van der Waals surface area contributed by atoms with E-state index in [1.807, 2.05) is 43.3 Å². The maximum Gasteiger partial charge on any atom is 0.295 e. The molecule has 41 heavy (non-hydrogen) atoms. The second kappa shape index (κ2) is 13.0. The summed E-state index contributed by atoms with van der Waals surface area (Å²) >= 11 is 0. The van der Waals surface area contributed by atoms with E-state index < -0.39 is 17.7 Å². The molecule has 3 aromatic rings. The molecule has 2 aliphatic rings. The number of benzene rings is 3. The van der Waals surface area contributed by atoms with Gasteiger partial charge in [0.15, 0.2) is 0 Å². The number of hydrogen-bond acceptors (Lipinski definition) is 7. The highest BCUT2D eigenvalue weighted by molar-refractivity contribution is 6.46. The number of methoxy groups -OCH3 is 1. The number of rotatable bonds is 10. The van der Waals surface area contributed by atoms with Crippen LogP contribution in [0.25, 0.3) is 5.76 Å². The number of carbonyl (C=O) groups is 2. The van der Waals surface area contributed by atoms with Gasteiger partial charge in [-0.05, 0) is 60.9 Å². The van der Waals surface area contributed by atoms with Crippen molar-refractivity contribution in [1.29, 1.82) is 0 Å². The molecule has 0 bridgehead atoms. The van der Waals surface area contributed by atoms with Crippen LogP contribution >= 0.6 is 0 Å². The van der Waals surface area contributed by atoms with Gasteiger partial charge in [0.05, 0.1) is 31.9 Å². The number of ketones is 1. The van der Waals surface area contributed by atoms with E-state index in [1.54, 1.807) is 42.3 Å². The Labute approximate surface area is 240 Å². The van der Waals surface area contributed by atoms with E-state index in [0.29, 0.717) is 55.4 Å². The SMILES string of the molecule is COc1cccc(C2/C(=C(/O)c3ccc(OCc4cccc(C)c4)cc3)C(=O)C(=O)N2CCCN2CCOCC2)c1. The Morgan fingerprint density at radius 3 is 2.44 bits per heavy atom. The molecule has 8 heteroatoms. The van der Waals surface area contributed by atoms with Crippen molar-refractivity contribution in [2.24, 2.45) is 0 Å².